The lowest BCUT2D eigenvalue weighted by molar-refractivity contribution is -0.162. The summed E-state index contributed by atoms with van der Waals surface area (Å²) in [5, 5.41) is 3.29. The molecule has 0 spiro atoms. The largest absolute Gasteiger partial charge is 0.471 e. The van der Waals surface area contributed by atoms with Crippen LogP contribution in [-0.2, 0) is 45.8 Å². The molecule has 12 nitrogen and oxygen atoms in total. The molecule has 42 heavy (non-hydrogen) atoms. The van der Waals surface area contributed by atoms with Gasteiger partial charge in [-0.05, 0) is 60.1 Å². The number of rotatable bonds is 15. The molecule has 2 heterocycles. The van der Waals surface area contributed by atoms with Crippen molar-refractivity contribution in [1.82, 2.24) is 20.3 Å². The number of hydrogen-bond donors (Lipinski definition) is 2. The van der Waals surface area contributed by atoms with Gasteiger partial charge in [-0.2, -0.15) is 4.98 Å². The Kier molecular flexibility index (Phi) is 11.6. The van der Waals surface area contributed by atoms with Crippen LogP contribution in [0.5, 0.6) is 5.88 Å². The third-order valence-electron chi connectivity index (χ3n) is 5.93. The highest BCUT2D eigenvalue weighted by molar-refractivity contribution is 7.53. The fourth-order valence-electron chi connectivity index (χ4n) is 3.48. The van der Waals surface area contributed by atoms with Crippen LogP contribution in [0, 0.1) is 10.8 Å². The van der Waals surface area contributed by atoms with Gasteiger partial charge < -0.3 is 24.5 Å². The number of ether oxygens (including phenoxy) is 3. The number of fused-ring (bicyclic) bond motifs is 1. The van der Waals surface area contributed by atoms with E-state index in [4.69, 9.17) is 23.3 Å². The quantitative estimate of drug-likeness (QED) is 0.100. The fraction of sp³-hybridized carbons (Fsp3) is 0.517. The Balaban J connectivity index is 1.52. The van der Waals surface area contributed by atoms with Gasteiger partial charge in [-0.1, -0.05) is 30.3 Å². The minimum Gasteiger partial charge on any atom is -0.471 e. The summed E-state index contributed by atoms with van der Waals surface area (Å²) in [6.07, 6.45) is 3.71. The number of hydrogen-bond acceptors (Lipinski definition) is 11. The maximum absolute atomic E-state index is 13.4. The van der Waals surface area contributed by atoms with Crippen LogP contribution in [0.2, 0.25) is 0 Å². The normalized spacial score (nSPS) is 12.3. The number of nitrogens with zero attached hydrogens (tertiary/aromatic N) is 2. The van der Waals surface area contributed by atoms with Crippen molar-refractivity contribution >= 4 is 30.6 Å². The van der Waals surface area contributed by atoms with E-state index in [1.54, 1.807) is 41.5 Å². The second-order valence-corrected chi connectivity index (χ2v) is 13.9. The van der Waals surface area contributed by atoms with Crippen LogP contribution < -0.4 is 10.1 Å². The van der Waals surface area contributed by atoms with E-state index in [9.17, 15) is 14.2 Å². The van der Waals surface area contributed by atoms with Gasteiger partial charge in [-0.25, -0.2) is 4.98 Å². The molecule has 0 aliphatic rings. The standard InChI is InChI=1S/C29H41N4O8P/c1-28(2,3)26(34)38-19-40-42(36,41-20-39-27(35)29(4,5)6)14-10-13-30-15-22-16-31-24-23(22)32-18-33-25(24)37-17-21-11-8-7-9-12-21/h7-9,11-12,16,18,30-31H,10,13-15,17,19-20H2,1-6H3. The molecular weight excluding hydrogens is 563 g/mol. The molecular formula is C29H41N4O8P. The van der Waals surface area contributed by atoms with Crippen molar-refractivity contribution in [2.45, 2.75) is 61.1 Å². The van der Waals surface area contributed by atoms with E-state index in [0.717, 1.165) is 16.6 Å². The van der Waals surface area contributed by atoms with Crippen molar-refractivity contribution < 1.29 is 37.4 Å². The summed E-state index contributed by atoms with van der Waals surface area (Å²) in [5.74, 6) is -0.554. The average molecular weight is 605 g/mol. The van der Waals surface area contributed by atoms with Crippen LogP contribution in [0.3, 0.4) is 0 Å². The molecule has 0 aliphatic heterocycles. The first-order valence-corrected chi connectivity index (χ1v) is 15.4. The summed E-state index contributed by atoms with van der Waals surface area (Å²) in [4.78, 5) is 36.0. The Hall–Kier alpha value is -3.31. The molecule has 0 radical (unpaired) electrons. The molecule has 2 N–H and O–H groups in total. The van der Waals surface area contributed by atoms with Crippen molar-refractivity contribution in [2.24, 2.45) is 10.8 Å². The number of aromatic amines is 1. The Morgan fingerprint density at radius 1 is 0.929 bits per heavy atom. The van der Waals surface area contributed by atoms with Crippen molar-refractivity contribution in [1.29, 1.82) is 0 Å². The second kappa shape index (κ2) is 14.7. The predicted molar refractivity (Wildman–Crippen MR) is 156 cm³/mol. The Morgan fingerprint density at radius 2 is 1.55 bits per heavy atom. The van der Waals surface area contributed by atoms with Crippen LogP contribution in [-0.4, -0.2) is 53.2 Å². The van der Waals surface area contributed by atoms with Gasteiger partial charge in [0, 0.05) is 18.3 Å². The molecule has 0 bridgehead atoms. The molecule has 0 atom stereocenters. The number of esters is 2. The maximum Gasteiger partial charge on any atom is 0.336 e. The molecule has 2 aromatic heterocycles. The molecule has 0 amide bonds. The first-order chi connectivity index (χ1) is 19.8. The third-order valence-corrected chi connectivity index (χ3v) is 7.79. The summed E-state index contributed by atoms with van der Waals surface area (Å²) in [5.41, 5.74) is 1.88. The van der Waals surface area contributed by atoms with E-state index in [0.29, 0.717) is 37.5 Å². The third kappa shape index (κ3) is 10.2. The van der Waals surface area contributed by atoms with E-state index in [1.165, 1.54) is 6.33 Å². The van der Waals surface area contributed by atoms with Crippen LogP contribution in [0.25, 0.3) is 11.0 Å². The smallest absolute Gasteiger partial charge is 0.336 e. The SMILES string of the molecule is CC(C)(C)C(=O)OCOP(=O)(CCCNCc1c[nH]c2c(OCc3ccccc3)ncnc12)OCOC(=O)C(C)(C)C. The van der Waals surface area contributed by atoms with Gasteiger partial charge in [0.2, 0.25) is 19.5 Å². The zero-order valence-corrected chi connectivity index (χ0v) is 26.0. The van der Waals surface area contributed by atoms with Gasteiger partial charge in [0.15, 0.2) is 0 Å². The summed E-state index contributed by atoms with van der Waals surface area (Å²) >= 11 is 0. The summed E-state index contributed by atoms with van der Waals surface area (Å²) in [7, 11) is -3.75. The van der Waals surface area contributed by atoms with Crippen LogP contribution in [0.4, 0.5) is 0 Å². The average Bonchev–Trinajstić information content (AvgIpc) is 3.35. The fourth-order valence-corrected chi connectivity index (χ4v) is 4.79. The number of carbonyl (C=O) groups excluding carboxylic acids is 2. The Labute approximate surface area is 246 Å². The van der Waals surface area contributed by atoms with Crippen molar-refractivity contribution in [3.8, 4) is 5.88 Å². The lowest BCUT2D eigenvalue weighted by Gasteiger charge is -2.22. The van der Waals surface area contributed by atoms with E-state index in [2.05, 4.69) is 20.3 Å². The van der Waals surface area contributed by atoms with Crippen LogP contribution in [0.15, 0.2) is 42.9 Å². The number of nitrogens with one attached hydrogen (secondary N) is 2. The highest BCUT2D eigenvalue weighted by Crippen LogP contribution is 2.48. The zero-order valence-electron chi connectivity index (χ0n) is 25.1. The molecule has 0 fully saturated rings. The van der Waals surface area contributed by atoms with E-state index in [1.807, 2.05) is 36.5 Å². The second-order valence-electron chi connectivity index (χ2n) is 11.7. The summed E-state index contributed by atoms with van der Waals surface area (Å²) in [6, 6.07) is 9.81. The van der Waals surface area contributed by atoms with Crippen molar-refractivity contribution in [2.75, 3.05) is 26.3 Å². The molecule has 230 valence electrons. The van der Waals surface area contributed by atoms with Gasteiger partial charge in [-0.15, -0.1) is 0 Å². The Bertz CT molecular complexity index is 1330. The summed E-state index contributed by atoms with van der Waals surface area (Å²) in [6.45, 7) is 10.4. The minimum absolute atomic E-state index is 0.00760. The molecule has 0 unspecified atom stereocenters. The predicted octanol–water partition coefficient (Wildman–Crippen LogP) is 5.34. The highest BCUT2D eigenvalue weighted by atomic mass is 31.2. The molecule has 1 aromatic carbocycles. The van der Waals surface area contributed by atoms with Gasteiger partial charge in [-0.3, -0.25) is 23.2 Å². The Morgan fingerprint density at radius 3 is 2.14 bits per heavy atom. The topological polar surface area (TPSA) is 151 Å². The van der Waals surface area contributed by atoms with Gasteiger partial charge in [0.1, 0.15) is 18.5 Å². The molecule has 0 aliphatic carbocycles. The van der Waals surface area contributed by atoms with Gasteiger partial charge >= 0.3 is 19.5 Å². The maximum atomic E-state index is 13.4. The lowest BCUT2D eigenvalue weighted by atomic mass is 9.98. The highest BCUT2D eigenvalue weighted by Gasteiger charge is 2.29. The zero-order chi connectivity index (χ0) is 30.8. The van der Waals surface area contributed by atoms with E-state index >= 15 is 0 Å². The van der Waals surface area contributed by atoms with Crippen LogP contribution in [0.1, 0.15) is 59.1 Å². The molecule has 3 aromatic rings. The minimum atomic E-state index is -3.75. The number of benzene rings is 1. The molecule has 3 rings (SSSR count). The lowest BCUT2D eigenvalue weighted by Crippen LogP contribution is -2.25. The number of aromatic nitrogens is 3. The number of carbonyl (C=O) groups is 2. The van der Waals surface area contributed by atoms with Gasteiger partial charge in [0.25, 0.3) is 0 Å². The first-order valence-electron chi connectivity index (χ1n) is 13.7. The van der Waals surface area contributed by atoms with Crippen molar-refractivity contribution in [3.63, 3.8) is 0 Å². The molecule has 0 saturated heterocycles. The van der Waals surface area contributed by atoms with E-state index in [-0.39, 0.29) is 6.16 Å². The first kappa shape index (κ1) is 33.2. The summed E-state index contributed by atoms with van der Waals surface area (Å²) < 4.78 is 40.2. The van der Waals surface area contributed by atoms with E-state index < -0.39 is 44.0 Å². The molecule has 13 heteroatoms. The molecule has 0 saturated carbocycles. The van der Waals surface area contributed by atoms with Gasteiger partial charge in [0.05, 0.1) is 22.5 Å². The number of H-pyrrole nitrogens is 1. The van der Waals surface area contributed by atoms with Crippen molar-refractivity contribution in [3.05, 3.63) is 54.0 Å². The monoisotopic (exact) mass is 604 g/mol. The van der Waals surface area contributed by atoms with Crippen LogP contribution >= 0.6 is 7.60 Å².